The molecule has 33 heavy (non-hydrogen) atoms. The Labute approximate surface area is 194 Å². The van der Waals surface area contributed by atoms with Gasteiger partial charge in [-0.2, -0.15) is 8.78 Å². The summed E-state index contributed by atoms with van der Waals surface area (Å²) in [5, 5.41) is 11.7. The van der Waals surface area contributed by atoms with Crippen LogP contribution in [0.4, 0.5) is 8.78 Å². The Balaban J connectivity index is 1.64. The molecule has 2 aromatic carbocycles. The zero-order chi connectivity index (χ0) is 22.6. The van der Waals surface area contributed by atoms with Crippen molar-refractivity contribution < 1.29 is 13.5 Å². The minimum atomic E-state index is -2.91. The minimum absolute atomic E-state index is 0.112. The molecule has 8 heteroatoms. The number of halogens is 2. The molecular formula is C25H22F2N4OS. The molecule has 0 amide bonds. The second kappa shape index (κ2) is 9.62. The second-order valence-electron chi connectivity index (χ2n) is 7.78. The molecule has 4 aromatic rings. The Morgan fingerprint density at radius 3 is 2.67 bits per heavy atom. The highest BCUT2D eigenvalue weighted by Gasteiger charge is 2.22. The first-order valence-corrected chi connectivity index (χ1v) is 11.8. The van der Waals surface area contributed by atoms with Gasteiger partial charge in [-0.1, -0.05) is 55.0 Å². The van der Waals surface area contributed by atoms with E-state index in [1.54, 1.807) is 18.2 Å². The number of ether oxygens (including phenoxy) is 1. The zero-order valence-corrected chi connectivity index (χ0v) is 18.6. The fraction of sp³-hybridized carbons (Fsp3) is 0.240. The number of hydrogen-bond acceptors (Lipinski definition) is 5. The van der Waals surface area contributed by atoms with Crippen molar-refractivity contribution in [3.63, 3.8) is 0 Å². The van der Waals surface area contributed by atoms with Gasteiger partial charge in [0, 0.05) is 29.5 Å². The topological polar surface area (TPSA) is 52.8 Å². The third-order valence-corrected chi connectivity index (χ3v) is 6.47. The highest BCUT2D eigenvalue weighted by molar-refractivity contribution is 7.11. The first kappa shape index (κ1) is 21.5. The summed E-state index contributed by atoms with van der Waals surface area (Å²) in [6.45, 7) is -2.09. The molecule has 0 bridgehead atoms. The van der Waals surface area contributed by atoms with Gasteiger partial charge < -0.3 is 9.30 Å². The molecule has 3 heterocycles. The van der Waals surface area contributed by atoms with Crippen LogP contribution in [0.3, 0.4) is 0 Å². The lowest BCUT2D eigenvalue weighted by atomic mass is 10.1. The molecule has 168 valence electrons. The van der Waals surface area contributed by atoms with E-state index in [0.717, 1.165) is 59.9 Å². The summed E-state index contributed by atoms with van der Waals surface area (Å²) in [6, 6.07) is 16.7. The summed E-state index contributed by atoms with van der Waals surface area (Å²) in [6.07, 6.45) is 5.97. The van der Waals surface area contributed by atoms with Crippen molar-refractivity contribution >= 4 is 23.0 Å². The molecule has 0 unspecified atom stereocenters. The summed E-state index contributed by atoms with van der Waals surface area (Å²) < 4.78 is 32.9. The molecule has 0 saturated heterocycles. The monoisotopic (exact) mass is 464 g/mol. The number of rotatable bonds is 6. The largest absolute Gasteiger partial charge is 0.434 e. The van der Waals surface area contributed by atoms with Gasteiger partial charge in [-0.15, -0.1) is 21.5 Å². The first-order chi connectivity index (χ1) is 16.2. The number of hydrogen-bond donors (Lipinski definition) is 0. The van der Waals surface area contributed by atoms with E-state index in [4.69, 9.17) is 9.72 Å². The summed E-state index contributed by atoms with van der Waals surface area (Å²) in [4.78, 5) is 4.88. The SMILES string of the molecule is FC(F)Oc1ccccc1C=C(c1nc(-c2ccccc2)cs1)c1nnc2n1CCCCC2. The van der Waals surface area contributed by atoms with Crippen molar-refractivity contribution in [3.8, 4) is 17.0 Å². The van der Waals surface area contributed by atoms with E-state index in [1.165, 1.54) is 17.4 Å². The molecule has 1 aliphatic heterocycles. The number of para-hydroxylation sites is 1. The number of thiazole rings is 1. The van der Waals surface area contributed by atoms with E-state index in [9.17, 15) is 8.78 Å². The molecular weight excluding hydrogens is 442 g/mol. The molecule has 0 radical (unpaired) electrons. The van der Waals surface area contributed by atoms with Crippen molar-refractivity contribution in [2.75, 3.05) is 0 Å². The number of alkyl halides is 2. The Hall–Kier alpha value is -3.39. The van der Waals surface area contributed by atoms with Crippen LogP contribution in [0.2, 0.25) is 0 Å². The van der Waals surface area contributed by atoms with E-state index in [2.05, 4.69) is 14.8 Å². The molecule has 0 aliphatic carbocycles. The van der Waals surface area contributed by atoms with Crippen LogP contribution in [0.1, 0.15) is 41.5 Å². The van der Waals surface area contributed by atoms with Crippen LogP contribution < -0.4 is 4.74 Å². The molecule has 0 N–H and O–H groups in total. The van der Waals surface area contributed by atoms with Gasteiger partial charge in [0.2, 0.25) is 0 Å². The predicted molar refractivity (Wildman–Crippen MR) is 125 cm³/mol. The van der Waals surface area contributed by atoms with Crippen molar-refractivity contribution in [1.29, 1.82) is 0 Å². The quantitative estimate of drug-likeness (QED) is 0.335. The molecule has 5 rings (SSSR count). The summed E-state index contributed by atoms with van der Waals surface area (Å²) in [5.74, 6) is 1.76. The lowest BCUT2D eigenvalue weighted by Gasteiger charge is -2.11. The van der Waals surface area contributed by atoms with Crippen LogP contribution >= 0.6 is 11.3 Å². The highest BCUT2D eigenvalue weighted by atomic mass is 32.1. The van der Waals surface area contributed by atoms with Crippen molar-refractivity contribution in [3.05, 3.63) is 82.2 Å². The first-order valence-electron chi connectivity index (χ1n) is 10.9. The fourth-order valence-electron chi connectivity index (χ4n) is 4.00. The van der Waals surface area contributed by atoms with Gasteiger partial charge in [-0.3, -0.25) is 0 Å². The maximum atomic E-state index is 13.0. The highest BCUT2D eigenvalue weighted by Crippen LogP contribution is 2.34. The fourth-order valence-corrected chi connectivity index (χ4v) is 4.84. The summed E-state index contributed by atoms with van der Waals surface area (Å²) >= 11 is 1.50. The van der Waals surface area contributed by atoms with Crippen LogP contribution in [-0.2, 0) is 13.0 Å². The average Bonchev–Trinajstić information content (AvgIpc) is 3.40. The standard InChI is InChI=1S/C25H22F2N4OS/c26-25(27)32-21-12-7-6-11-18(21)15-19(23-30-29-22-13-5-2-8-14-31(22)23)24-28-20(16-33-24)17-9-3-1-4-10-17/h1,3-4,6-7,9-12,15-16,25H,2,5,8,13-14H2. The molecule has 2 aromatic heterocycles. The maximum absolute atomic E-state index is 13.0. The van der Waals surface area contributed by atoms with Crippen LogP contribution in [0.15, 0.2) is 60.0 Å². The number of aryl methyl sites for hydroxylation is 1. The molecule has 0 spiro atoms. The molecule has 5 nitrogen and oxygen atoms in total. The normalized spacial score (nSPS) is 14.2. The zero-order valence-electron chi connectivity index (χ0n) is 17.8. The summed E-state index contributed by atoms with van der Waals surface area (Å²) in [5.41, 5.74) is 3.15. The maximum Gasteiger partial charge on any atom is 0.387 e. The predicted octanol–water partition coefficient (Wildman–Crippen LogP) is 6.32. The lowest BCUT2D eigenvalue weighted by Crippen LogP contribution is -2.07. The van der Waals surface area contributed by atoms with Gasteiger partial charge in [-0.25, -0.2) is 4.98 Å². The van der Waals surface area contributed by atoms with Gasteiger partial charge in [-0.05, 0) is 25.0 Å². The number of nitrogens with zero attached hydrogens (tertiary/aromatic N) is 4. The molecule has 0 saturated carbocycles. The smallest absolute Gasteiger partial charge is 0.387 e. The third kappa shape index (κ3) is 4.71. The summed E-state index contributed by atoms with van der Waals surface area (Å²) in [7, 11) is 0. The second-order valence-corrected chi connectivity index (χ2v) is 8.64. The minimum Gasteiger partial charge on any atom is -0.434 e. The van der Waals surface area contributed by atoms with E-state index >= 15 is 0 Å². The van der Waals surface area contributed by atoms with Gasteiger partial charge in [0.1, 0.15) is 16.6 Å². The van der Waals surface area contributed by atoms with Crippen LogP contribution in [0.25, 0.3) is 22.9 Å². The van der Waals surface area contributed by atoms with Gasteiger partial charge in [0.25, 0.3) is 0 Å². The number of benzene rings is 2. The van der Waals surface area contributed by atoms with Crippen molar-refractivity contribution in [1.82, 2.24) is 19.7 Å². The van der Waals surface area contributed by atoms with Crippen LogP contribution in [-0.4, -0.2) is 26.4 Å². The lowest BCUT2D eigenvalue weighted by molar-refractivity contribution is -0.0499. The van der Waals surface area contributed by atoms with Gasteiger partial charge in [0.15, 0.2) is 5.82 Å². The van der Waals surface area contributed by atoms with Gasteiger partial charge in [0.05, 0.1) is 11.3 Å². The average molecular weight is 465 g/mol. The Kier molecular flexibility index (Phi) is 6.26. The number of aromatic nitrogens is 4. The Morgan fingerprint density at radius 1 is 1.00 bits per heavy atom. The van der Waals surface area contributed by atoms with E-state index < -0.39 is 6.61 Å². The van der Waals surface area contributed by atoms with Crippen LogP contribution in [0.5, 0.6) is 5.75 Å². The van der Waals surface area contributed by atoms with Crippen molar-refractivity contribution in [2.24, 2.45) is 0 Å². The Morgan fingerprint density at radius 2 is 1.82 bits per heavy atom. The molecule has 1 aliphatic rings. The van der Waals surface area contributed by atoms with Crippen molar-refractivity contribution in [2.45, 2.75) is 38.8 Å². The van der Waals surface area contributed by atoms with E-state index in [0.29, 0.717) is 11.4 Å². The number of fused-ring (bicyclic) bond motifs is 1. The van der Waals surface area contributed by atoms with E-state index in [-0.39, 0.29) is 5.75 Å². The van der Waals surface area contributed by atoms with Crippen LogP contribution in [0, 0.1) is 0 Å². The molecule has 0 atom stereocenters. The molecule has 0 fully saturated rings. The Bertz CT molecular complexity index is 1270. The van der Waals surface area contributed by atoms with Gasteiger partial charge >= 0.3 is 6.61 Å². The van der Waals surface area contributed by atoms with E-state index in [1.807, 2.05) is 41.8 Å². The third-order valence-electron chi connectivity index (χ3n) is 5.59.